The molecule has 0 rings (SSSR count). The molecule has 5 heteroatoms. The highest BCUT2D eigenvalue weighted by atomic mass is 16.5. The molecule has 0 radical (unpaired) electrons. The second-order valence-electron chi connectivity index (χ2n) is 1.41. The predicted octanol–water partition coefficient (Wildman–Crippen LogP) is -1.93. The number of amides is 1. The van der Waals surface area contributed by atoms with Crippen LogP contribution in [0, 0.1) is 0 Å². The molecule has 0 bridgehead atoms. The first-order chi connectivity index (χ1) is 4.31. The van der Waals surface area contributed by atoms with Crippen LogP contribution in [0.1, 0.15) is 0 Å². The molecule has 0 saturated carbocycles. The van der Waals surface area contributed by atoms with E-state index in [2.05, 4.69) is 5.32 Å². The summed E-state index contributed by atoms with van der Waals surface area (Å²) in [7, 11) is 0. The Morgan fingerprint density at radius 2 is 2.22 bits per heavy atom. The molecule has 9 heavy (non-hydrogen) atoms. The lowest BCUT2D eigenvalue weighted by atomic mass is 10.6. The van der Waals surface area contributed by atoms with E-state index in [1.54, 1.807) is 5.48 Å². The van der Waals surface area contributed by atoms with Crippen LogP contribution < -0.4 is 10.8 Å². The normalized spacial score (nSPS) is 9.11. The zero-order valence-electron chi connectivity index (χ0n) is 4.92. The molecule has 0 aromatic carbocycles. The molecule has 54 valence electrons. The molecule has 1 amide bonds. The smallest absolute Gasteiger partial charge is 0.236 e. The summed E-state index contributed by atoms with van der Waals surface area (Å²) in [5.41, 5.74) is 1.68. The van der Waals surface area contributed by atoms with Crippen LogP contribution in [0.4, 0.5) is 0 Å². The molecule has 0 spiro atoms. The Bertz CT molecular complexity index is 85.9. The first-order valence-electron chi connectivity index (χ1n) is 2.55. The van der Waals surface area contributed by atoms with E-state index in [4.69, 9.17) is 10.3 Å². The van der Waals surface area contributed by atoms with Gasteiger partial charge in [0, 0.05) is 6.54 Å². The van der Waals surface area contributed by atoms with Gasteiger partial charge in [-0.2, -0.15) is 5.48 Å². The summed E-state index contributed by atoms with van der Waals surface area (Å²) in [6, 6.07) is 0. The van der Waals surface area contributed by atoms with E-state index in [0.717, 1.165) is 0 Å². The number of aliphatic hydroxyl groups excluding tert-OH is 1. The van der Waals surface area contributed by atoms with Crippen molar-refractivity contribution in [1.29, 1.82) is 0 Å². The molecule has 0 heterocycles. The highest BCUT2D eigenvalue weighted by Gasteiger charge is 1.95. The van der Waals surface area contributed by atoms with Gasteiger partial charge in [-0.05, 0) is 0 Å². The van der Waals surface area contributed by atoms with Gasteiger partial charge in [-0.15, -0.1) is 0 Å². The van der Waals surface area contributed by atoms with Gasteiger partial charge in [0.2, 0.25) is 5.91 Å². The van der Waals surface area contributed by atoms with Gasteiger partial charge >= 0.3 is 0 Å². The van der Waals surface area contributed by atoms with Crippen LogP contribution in [0.15, 0.2) is 0 Å². The van der Waals surface area contributed by atoms with Crippen molar-refractivity contribution in [3.63, 3.8) is 0 Å². The van der Waals surface area contributed by atoms with Crippen LogP contribution >= 0.6 is 0 Å². The third-order valence-corrected chi connectivity index (χ3v) is 0.674. The van der Waals surface area contributed by atoms with Gasteiger partial charge in [0.1, 0.15) is 0 Å². The molecule has 0 aromatic rings. The molecule has 0 aromatic heterocycles. The van der Waals surface area contributed by atoms with Crippen LogP contribution in [0.5, 0.6) is 0 Å². The Labute approximate surface area is 52.6 Å². The van der Waals surface area contributed by atoms with Crippen molar-refractivity contribution in [3.05, 3.63) is 0 Å². The van der Waals surface area contributed by atoms with Crippen LogP contribution in [0.25, 0.3) is 0 Å². The lowest BCUT2D eigenvalue weighted by molar-refractivity contribution is -0.121. The highest BCUT2D eigenvalue weighted by Crippen LogP contribution is 1.60. The van der Waals surface area contributed by atoms with Gasteiger partial charge in [0.05, 0.1) is 13.2 Å². The maximum Gasteiger partial charge on any atom is 0.236 e. The van der Waals surface area contributed by atoms with E-state index in [-0.39, 0.29) is 25.6 Å². The highest BCUT2D eigenvalue weighted by molar-refractivity contribution is 5.77. The van der Waals surface area contributed by atoms with E-state index in [1.165, 1.54) is 0 Å². The molecule has 4 N–H and O–H groups in total. The maximum atomic E-state index is 10.4. The summed E-state index contributed by atoms with van der Waals surface area (Å²) < 4.78 is 0. The number of hydrogen-bond acceptors (Lipinski definition) is 4. The number of rotatable bonds is 4. The standard InChI is InChI=1S/C4H10N2O3/c7-2-1-5-4(8)3-6-9/h6-7,9H,1-3H2,(H,5,8). The van der Waals surface area contributed by atoms with E-state index in [1.807, 2.05) is 0 Å². The van der Waals surface area contributed by atoms with Crippen LogP contribution in [0.3, 0.4) is 0 Å². The van der Waals surface area contributed by atoms with Gasteiger partial charge < -0.3 is 15.6 Å². The third-order valence-electron chi connectivity index (χ3n) is 0.674. The number of nitrogens with one attached hydrogen (secondary N) is 2. The maximum absolute atomic E-state index is 10.4. The van der Waals surface area contributed by atoms with Gasteiger partial charge in [-0.1, -0.05) is 0 Å². The first-order valence-corrected chi connectivity index (χ1v) is 2.55. The zero-order chi connectivity index (χ0) is 7.11. The molecule has 0 saturated heterocycles. The fourth-order valence-electron chi connectivity index (χ4n) is 0.330. The quantitative estimate of drug-likeness (QED) is 0.338. The summed E-state index contributed by atoms with van der Waals surface area (Å²) in [6.07, 6.45) is 0. The summed E-state index contributed by atoms with van der Waals surface area (Å²) in [4.78, 5) is 10.4. The van der Waals surface area contributed by atoms with Gasteiger partial charge in [0.15, 0.2) is 0 Å². The summed E-state index contributed by atoms with van der Waals surface area (Å²) >= 11 is 0. The fourth-order valence-corrected chi connectivity index (χ4v) is 0.330. The van der Waals surface area contributed by atoms with E-state index in [0.29, 0.717) is 0 Å². The molecular formula is C4H10N2O3. The Morgan fingerprint density at radius 1 is 1.56 bits per heavy atom. The number of hydrogen-bond donors (Lipinski definition) is 4. The molecule has 0 atom stereocenters. The molecule has 0 aliphatic carbocycles. The van der Waals surface area contributed by atoms with Crippen molar-refractivity contribution < 1.29 is 15.1 Å². The Hall–Kier alpha value is -0.650. The Balaban J connectivity index is 3.06. The second-order valence-corrected chi connectivity index (χ2v) is 1.41. The lowest BCUT2D eigenvalue weighted by Crippen LogP contribution is -2.33. The first kappa shape index (κ1) is 8.35. The molecule has 0 unspecified atom stereocenters. The predicted molar refractivity (Wildman–Crippen MR) is 29.9 cm³/mol. The number of hydroxylamine groups is 1. The monoisotopic (exact) mass is 134 g/mol. The average molecular weight is 134 g/mol. The average Bonchev–Trinajstić information content (AvgIpc) is 1.85. The van der Waals surface area contributed by atoms with Crippen molar-refractivity contribution in [3.8, 4) is 0 Å². The summed E-state index contributed by atoms with van der Waals surface area (Å²) in [5, 5.41) is 18.5. The van der Waals surface area contributed by atoms with E-state index >= 15 is 0 Å². The zero-order valence-corrected chi connectivity index (χ0v) is 4.92. The number of aliphatic hydroxyl groups is 1. The van der Waals surface area contributed by atoms with Gasteiger partial charge in [0.25, 0.3) is 0 Å². The fraction of sp³-hybridized carbons (Fsp3) is 0.750. The van der Waals surface area contributed by atoms with Crippen molar-refractivity contribution in [2.45, 2.75) is 0 Å². The minimum absolute atomic E-state index is 0.0861. The molecular weight excluding hydrogens is 124 g/mol. The van der Waals surface area contributed by atoms with Crippen molar-refractivity contribution in [1.82, 2.24) is 10.8 Å². The minimum atomic E-state index is -0.341. The summed E-state index contributed by atoms with van der Waals surface area (Å²) in [6.45, 7) is -0.00230. The SMILES string of the molecule is O=C(CNO)NCCO. The minimum Gasteiger partial charge on any atom is -0.395 e. The second kappa shape index (κ2) is 5.49. The van der Waals surface area contributed by atoms with Crippen LogP contribution in [-0.2, 0) is 4.79 Å². The topological polar surface area (TPSA) is 81.6 Å². The number of carbonyl (C=O) groups excluding carboxylic acids is 1. The van der Waals surface area contributed by atoms with Crippen molar-refractivity contribution >= 4 is 5.91 Å². The Kier molecular flexibility index (Phi) is 5.09. The lowest BCUT2D eigenvalue weighted by Gasteiger charge is -1.99. The van der Waals surface area contributed by atoms with Gasteiger partial charge in [-0.25, -0.2) is 0 Å². The molecule has 0 aliphatic rings. The molecule has 0 fully saturated rings. The van der Waals surface area contributed by atoms with E-state index < -0.39 is 0 Å². The van der Waals surface area contributed by atoms with E-state index in [9.17, 15) is 4.79 Å². The molecule has 0 aliphatic heterocycles. The number of carbonyl (C=O) groups is 1. The summed E-state index contributed by atoms with van der Waals surface area (Å²) in [5.74, 6) is -0.341. The molecule has 5 nitrogen and oxygen atoms in total. The van der Waals surface area contributed by atoms with Crippen LogP contribution in [0.2, 0.25) is 0 Å². The van der Waals surface area contributed by atoms with Crippen molar-refractivity contribution in [2.24, 2.45) is 0 Å². The van der Waals surface area contributed by atoms with Crippen molar-refractivity contribution in [2.75, 3.05) is 19.7 Å². The third kappa shape index (κ3) is 5.22. The Morgan fingerprint density at radius 3 is 2.67 bits per heavy atom. The largest absolute Gasteiger partial charge is 0.395 e. The van der Waals surface area contributed by atoms with Crippen LogP contribution in [-0.4, -0.2) is 35.9 Å². The van der Waals surface area contributed by atoms with Gasteiger partial charge in [-0.3, -0.25) is 4.79 Å².